The summed E-state index contributed by atoms with van der Waals surface area (Å²) in [4.78, 5) is 26.9. The van der Waals surface area contributed by atoms with Crippen LogP contribution in [0.15, 0.2) is 24.3 Å². The lowest BCUT2D eigenvalue weighted by Crippen LogP contribution is -2.40. The number of morpholine rings is 1. The molecule has 1 amide bonds. The Balaban J connectivity index is 1.36. The van der Waals surface area contributed by atoms with Gasteiger partial charge in [0.25, 0.3) is 11.8 Å². The van der Waals surface area contributed by atoms with E-state index in [0.717, 1.165) is 43.5 Å². The number of carbonyl (C=O) groups is 1. The quantitative estimate of drug-likeness (QED) is 0.750. The molecule has 3 aliphatic rings. The number of carbonyl (C=O) groups excluding carboxylic acids is 1. The molecule has 2 bridgehead atoms. The number of rotatable bonds is 4. The third-order valence-corrected chi connectivity index (χ3v) is 6.90. The molecule has 1 aromatic carbocycles. The van der Waals surface area contributed by atoms with Gasteiger partial charge in [-0.2, -0.15) is 0 Å². The number of nitrogens with zero attached hydrogens (tertiary/aromatic N) is 4. The van der Waals surface area contributed by atoms with E-state index < -0.39 is 0 Å². The topological polar surface area (TPSA) is 67.8 Å². The fourth-order valence-corrected chi connectivity index (χ4v) is 6.02. The third kappa shape index (κ3) is 4.07. The number of amides is 1. The molecule has 1 aliphatic carbocycles. The summed E-state index contributed by atoms with van der Waals surface area (Å²) in [6.45, 7) is 10.6. The van der Waals surface area contributed by atoms with Gasteiger partial charge in [0.2, 0.25) is 0 Å². The van der Waals surface area contributed by atoms with E-state index in [9.17, 15) is 4.79 Å². The van der Waals surface area contributed by atoms with Crippen LogP contribution in [-0.2, 0) is 9.53 Å². The van der Waals surface area contributed by atoms with E-state index in [2.05, 4.69) is 30.6 Å². The highest BCUT2D eigenvalue weighted by Crippen LogP contribution is 2.52. The van der Waals surface area contributed by atoms with Crippen molar-refractivity contribution in [1.82, 2.24) is 14.9 Å². The summed E-state index contributed by atoms with van der Waals surface area (Å²) in [7, 11) is 0. The number of benzene rings is 1. The lowest BCUT2D eigenvalue weighted by Gasteiger charge is -2.39. The Hall–Kier alpha value is -2.41. The zero-order chi connectivity index (χ0) is 21.6. The van der Waals surface area contributed by atoms with Crippen molar-refractivity contribution in [3.63, 3.8) is 0 Å². The van der Waals surface area contributed by atoms with Crippen LogP contribution in [0.2, 0.25) is 0 Å². The normalized spacial score (nSPS) is 27.5. The van der Waals surface area contributed by atoms with E-state index in [1.807, 2.05) is 24.3 Å². The first-order valence-corrected chi connectivity index (χ1v) is 11.3. The molecule has 2 atom stereocenters. The Morgan fingerprint density at radius 1 is 1.13 bits per heavy atom. The maximum absolute atomic E-state index is 13.2. The second kappa shape index (κ2) is 7.62. The van der Waals surface area contributed by atoms with Gasteiger partial charge in [0.1, 0.15) is 0 Å². The summed E-state index contributed by atoms with van der Waals surface area (Å²) in [5.41, 5.74) is 2.09. The van der Waals surface area contributed by atoms with Crippen LogP contribution in [0.3, 0.4) is 0 Å². The standard InChI is InChI=1S/C24H32N4O3/c1-23(2)12-17-13-24(3,15-23)16-28(17)20(29)14-31-22-21(27-8-10-30-11-9-27)25-18-6-4-5-7-19(18)26-22/h4-7,17H,8-16H2,1-3H3/t17-,24+/m0/s1. The molecule has 1 saturated carbocycles. The van der Waals surface area contributed by atoms with Crippen molar-refractivity contribution in [3.8, 4) is 5.88 Å². The van der Waals surface area contributed by atoms with Gasteiger partial charge in [-0.05, 0) is 42.2 Å². The summed E-state index contributed by atoms with van der Waals surface area (Å²) in [5.74, 6) is 1.18. The maximum Gasteiger partial charge on any atom is 0.260 e. The molecule has 166 valence electrons. The number of hydrogen-bond donors (Lipinski definition) is 0. The fourth-order valence-electron chi connectivity index (χ4n) is 6.02. The Labute approximate surface area is 183 Å². The Morgan fingerprint density at radius 3 is 2.58 bits per heavy atom. The summed E-state index contributed by atoms with van der Waals surface area (Å²) in [5, 5.41) is 0. The lowest BCUT2D eigenvalue weighted by molar-refractivity contribution is -0.134. The minimum Gasteiger partial charge on any atom is -0.465 e. The molecule has 7 heteroatoms. The first-order valence-electron chi connectivity index (χ1n) is 11.3. The molecule has 0 N–H and O–H groups in total. The number of anilines is 1. The predicted molar refractivity (Wildman–Crippen MR) is 119 cm³/mol. The highest BCUT2D eigenvalue weighted by atomic mass is 16.5. The highest BCUT2D eigenvalue weighted by Gasteiger charge is 2.50. The smallest absolute Gasteiger partial charge is 0.260 e. The van der Waals surface area contributed by atoms with Gasteiger partial charge in [0.05, 0.1) is 24.2 Å². The van der Waals surface area contributed by atoms with Crippen molar-refractivity contribution >= 4 is 22.8 Å². The Kier molecular flexibility index (Phi) is 5.04. The highest BCUT2D eigenvalue weighted by molar-refractivity contribution is 5.80. The van der Waals surface area contributed by atoms with E-state index in [4.69, 9.17) is 19.4 Å². The number of ether oxygens (including phenoxy) is 2. The van der Waals surface area contributed by atoms with Crippen molar-refractivity contribution in [1.29, 1.82) is 0 Å². The van der Waals surface area contributed by atoms with Crippen molar-refractivity contribution in [2.75, 3.05) is 44.4 Å². The van der Waals surface area contributed by atoms with Crippen LogP contribution in [0.4, 0.5) is 5.82 Å². The van der Waals surface area contributed by atoms with Crippen molar-refractivity contribution in [2.24, 2.45) is 10.8 Å². The summed E-state index contributed by atoms with van der Waals surface area (Å²) >= 11 is 0. The molecule has 0 unspecified atom stereocenters. The summed E-state index contributed by atoms with van der Waals surface area (Å²) in [6.07, 6.45) is 3.32. The van der Waals surface area contributed by atoms with Crippen molar-refractivity contribution < 1.29 is 14.3 Å². The number of aromatic nitrogens is 2. The SMILES string of the molecule is CC1(C)C[C@H]2C[C@@](C)(CN2C(=O)COc2nc3ccccc3nc2N2CCOCC2)C1. The summed E-state index contributed by atoms with van der Waals surface area (Å²) < 4.78 is 11.5. The van der Waals surface area contributed by atoms with Crippen LogP contribution in [0.25, 0.3) is 11.0 Å². The molecule has 31 heavy (non-hydrogen) atoms. The molecular weight excluding hydrogens is 392 g/mol. The van der Waals surface area contributed by atoms with Crippen LogP contribution in [0, 0.1) is 10.8 Å². The first kappa shape index (κ1) is 20.5. The van der Waals surface area contributed by atoms with Crippen molar-refractivity contribution in [2.45, 2.75) is 46.1 Å². The van der Waals surface area contributed by atoms with E-state index in [-0.39, 0.29) is 23.3 Å². The monoisotopic (exact) mass is 424 g/mol. The van der Waals surface area contributed by atoms with Gasteiger partial charge in [-0.25, -0.2) is 9.97 Å². The van der Waals surface area contributed by atoms with E-state index in [1.165, 1.54) is 6.42 Å². The molecule has 3 heterocycles. The van der Waals surface area contributed by atoms with Crippen LogP contribution in [0.1, 0.15) is 40.0 Å². The van der Waals surface area contributed by atoms with Gasteiger partial charge >= 0.3 is 0 Å². The van der Waals surface area contributed by atoms with Crippen LogP contribution in [-0.4, -0.2) is 66.3 Å². The molecule has 0 radical (unpaired) electrons. The average Bonchev–Trinajstić information content (AvgIpc) is 3.00. The molecule has 0 spiro atoms. The lowest BCUT2D eigenvalue weighted by atomic mass is 9.65. The number of likely N-dealkylation sites (tertiary alicyclic amines) is 1. The van der Waals surface area contributed by atoms with Gasteiger partial charge in [-0.3, -0.25) is 4.79 Å². The number of fused-ring (bicyclic) bond motifs is 3. The Morgan fingerprint density at radius 2 is 1.84 bits per heavy atom. The van der Waals surface area contributed by atoms with E-state index in [1.54, 1.807) is 0 Å². The molecule has 7 nitrogen and oxygen atoms in total. The molecule has 3 fully saturated rings. The zero-order valence-corrected chi connectivity index (χ0v) is 18.8. The van der Waals surface area contributed by atoms with Crippen LogP contribution in [0.5, 0.6) is 5.88 Å². The Bertz CT molecular complexity index is 988. The van der Waals surface area contributed by atoms with Gasteiger partial charge < -0.3 is 19.3 Å². The predicted octanol–water partition coefficient (Wildman–Crippen LogP) is 3.27. The number of para-hydroxylation sites is 2. The molecular formula is C24H32N4O3. The van der Waals surface area contributed by atoms with Crippen LogP contribution < -0.4 is 9.64 Å². The van der Waals surface area contributed by atoms with E-state index >= 15 is 0 Å². The molecule has 2 aromatic rings. The fraction of sp³-hybridized carbons (Fsp3) is 0.625. The minimum atomic E-state index is -0.00261. The zero-order valence-electron chi connectivity index (χ0n) is 18.8. The van der Waals surface area contributed by atoms with E-state index in [0.29, 0.717) is 31.0 Å². The molecule has 5 rings (SSSR count). The minimum absolute atomic E-state index is 0.00261. The van der Waals surface area contributed by atoms with Crippen LogP contribution >= 0.6 is 0 Å². The largest absolute Gasteiger partial charge is 0.465 e. The molecule has 2 aliphatic heterocycles. The maximum atomic E-state index is 13.2. The van der Waals surface area contributed by atoms with Crippen molar-refractivity contribution in [3.05, 3.63) is 24.3 Å². The van der Waals surface area contributed by atoms with Gasteiger partial charge in [0, 0.05) is 25.7 Å². The third-order valence-electron chi connectivity index (χ3n) is 6.90. The number of hydrogen-bond acceptors (Lipinski definition) is 6. The second-order valence-corrected chi connectivity index (χ2v) is 10.5. The van der Waals surface area contributed by atoms with Gasteiger partial charge in [0.15, 0.2) is 12.4 Å². The molecule has 2 saturated heterocycles. The first-order chi connectivity index (χ1) is 14.8. The molecule has 1 aromatic heterocycles. The van der Waals surface area contributed by atoms with Gasteiger partial charge in [-0.15, -0.1) is 0 Å². The van der Waals surface area contributed by atoms with Gasteiger partial charge in [-0.1, -0.05) is 32.9 Å². The second-order valence-electron chi connectivity index (χ2n) is 10.5. The average molecular weight is 425 g/mol. The summed E-state index contributed by atoms with van der Waals surface area (Å²) in [6, 6.07) is 8.08.